The normalized spacial score (nSPS) is 20.6. The van der Waals surface area contributed by atoms with Gasteiger partial charge in [0.15, 0.2) is 0 Å². The fourth-order valence-corrected chi connectivity index (χ4v) is 4.14. The van der Waals surface area contributed by atoms with E-state index in [-0.39, 0.29) is 11.9 Å². The first-order chi connectivity index (χ1) is 11.6. The predicted octanol–water partition coefficient (Wildman–Crippen LogP) is 2.99. The van der Waals surface area contributed by atoms with Gasteiger partial charge in [-0.15, -0.1) is 0 Å². The number of piperidine rings is 1. The molecule has 3 rings (SSSR count). The third-order valence-corrected chi connectivity index (χ3v) is 5.39. The average molecular weight is 329 g/mol. The van der Waals surface area contributed by atoms with Gasteiger partial charge in [0.25, 0.3) is 0 Å². The molecule has 0 saturated carbocycles. The Kier molecular flexibility index (Phi) is 5.90. The Bertz CT molecular complexity index is 517. The van der Waals surface area contributed by atoms with Crippen molar-refractivity contribution in [2.45, 2.75) is 51.6 Å². The van der Waals surface area contributed by atoms with Crippen LogP contribution >= 0.6 is 0 Å². The summed E-state index contributed by atoms with van der Waals surface area (Å²) in [6.45, 7) is 9.37. The van der Waals surface area contributed by atoms with Crippen molar-refractivity contribution in [2.24, 2.45) is 0 Å². The lowest BCUT2D eigenvalue weighted by Crippen LogP contribution is -2.49. The highest BCUT2D eigenvalue weighted by atomic mass is 16.2. The summed E-state index contributed by atoms with van der Waals surface area (Å²) in [6, 6.07) is 11.0. The van der Waals surface area contributed by atoms with Crippen LogP contribution in [0.4, 0.5) is 5.69 Å². The molecule has 2 heterocycles. The van der Waals surface area contributed by atoms with Gasteiger partial charge in [0.05, 0.1) is 6.54 Å². The predicted molar refractivity (Wildman–Crippen MR) is 99.3 cm³/mol. The van der Waals surface area contributed by atoms with Gasteiger partial charge in [0.1, 0.15) is 0 Å². The SMILES string of the molecule is CC(C)N(C(=O)CN1CCC(N2CCCC2)CC1)c1ccccc1. The molecule has 1 amide bonds. The molecule has 2 fully saturated rings. The summed E-state index contributed by atoms with van der Waals surface area (Å²) in [6.07, 6.45) is 5.14. The number of hydrogen-bond donors (Lipinski definition) is 0. The van der Waals surface area contributed by atoms with Crippen LogP contribution in [0.2, 0.25) is 0 Å². The van der Waals surface area contributed by atoms with Crippen molar-refractivity contribution < 1.29 is 4.79 Å². The van der Waals surface area contributed by atoms with E-state index in [1.165, 1.54) is 38.8 Å². The lowest BCUT2D eigenvalue weighted by atomic mass is 10.0. The number of nitrogens with zero attached hydrogens (tertiary/aromatic N) is 3. The van der Waals surface area contributed by atoms with Crippen molar-refractivity contribution in [3.8, 4) is 0 Å². The standard InChI is InChI=1S/C20H31N3O/c1-17(2)23(19-8-4-3-5-9-19)20(24)16-21-14-10-18(11-15-21)22-12-6-7-13-22/h3-5,8-9,17-18H,6-7,10-16H2,1-2H3. The van der Waals surface area contributed by atoms with E-state index in [0.717, 1.165) is 24.8 Å². The molecule has 24 heavy (non-hydrogen) atoms. The Morgan fingerprint density at radius 3 is 2.29 bits per heavy atom. The fraction of sp³-hybridized carbons (Fsp3) is 0.650. The molecule has 132 valence electrons. The first-order valence-corrected chi connectivity index (χ1v) is 9.48. The third kappa shape index (κ3) is 4.17. The summed E-state index contributed by atoms with van der Waals surface area (Å²) in [5, 5.41) is 0. The summed E-state index contributed by atoms with van der Waals surface area (Å²) in [7, 11) is 0. The van der Waals surface area contributed by atoms with Crippen molar-refractivity contribution in [2.75, 3.05) is 37.6 Å². The monoisotopic (exact) mass is 329 g/mol. The largest absolute Gasteiger partial charge is 0.309 e. The molecule has 0 atom stereocenters. The molecule has 2 saturated heterocycles. The Morgan fingerprint density at radius 2 is 1.71 bits per heavy atom. The van der Waals surface area contributed by atoms with Crippen LogP contribution in [0.15, 0.2) is 30.3 Å². The minimum atomic E-state index is 0.182. The quantitative estimate of drug-likeness (QED) is 0.831. The van der Waals surface area contributed by atoms with E-state index in [0.29, 0.717) is 6.54 Å². The Hall–Kier alpha value is -1.39. The van der Waals surface area contributed by atoms with Crippen LogP contribution in [-0.4, -0.2) is 60.5 Å². The number of amides is 1. The average Bonchev–Trinajstić information content (AvgIpc) is 3.11. The van der Waals surface area contributed by atoms with Crippen LogP contribution in [0, 0.1) is 0 Å². The molecule has 0 unspecified atom stereocenters. The van der Waals surface area contributed by atoms with Gasteiger partial charge in [0.2, 0.25) is 5.91 Å². The molecule has 2 aliphatic heterocycles. The van der Waals surface area contributed by atoms with Crippen molar-refractivity contribution in [3.63, 3.8) is 0 Å². The molecule has 0 radical (unpaired) electrons. The van der Waals surface area contributed by atoms with Crippen LogP contribution in [0.5, 0.6) is 0 Å². The number of hydrogen-bond acceptors (Lipinski definition) is 3. The Morgan fingerprint density at radius 1 is 1.08 bits per heavy atom. The van der Waals surface area contributed by atoms with Crippen LogP contribution in [0.3, 0.4) is 0 Å². The second-order valence-electron chi connectivity index (χ2n) is 7.44. The van der Waals surface area contributed by atoms with Crippen LogP contribution in [0.1, 0.15) is 39.5 Å². The number of para-hydroxylation sites is 1. The second kappa shape index (κ2) is 8.13. The van der Waals surface area contributed by atoms with Crippen molar-refractivity contribution in [1.29, 1.82) is 0 Å². The van der Waals surface area contributed by atoms with Gasteiger partial charge in [-0.25, -0.2) is 0 Å². The lowest BCUT2D eigenvalue weighted by Gasteiger charge is -2.37. The summed E-state index contributed by atoms with van der Waals surface area (Å²) < 4.78 is 0. The number of benzene rings is 1. The van der Waals surface area contributed by atoms with Gasteiger partial charge in [0, 0.05) is 30.9 Å². The molecule has 0 bridgehead atoms. The maximum Gasteiger partial charge on any atom is 0.241 e. The molecule has 4 heteroatoms. The zero-order valence-electron chi connectivity index (χ0n) is 15.2. The van der Waals surface area contributed by atoms with E-state index in [1.807, 2.05) is 35.2 Å². The lowest BCUT2D eigenvalue weighted by molar-refractivity contribution is -0.120. The van der Waals surface area contributed by atoms with E-state index in [9.17, 15) is 4.79 Å². The molecule has 4 nitrogen and oxygen atoms in total. The zero-order valence-corrected chi connectivity index (χ0v) is 15.2. The summed E-state index contributed by atoms with van der Waals surface area (Å²) in [5.41, 5.74) is 1.00. The van der Waals surface area contributed by atoms with E-state index in [4.69, 9.17) is 0 Å². The minimum Gasteiger partial charge on any atom is -0.309 e. The summed E-state index contributed by atoms with van der Waals surface area (Å²) in [4.78, 5) is 19.8. The second-order valence-corrected chi connectivity index (χ2v) is 7.44. The molecule has 1 aromatic carbocycles. The molecule has 1 aromatic rings. The zero-order chi connectivity index (χ0) is 16.9. The molecule has 0 N–H and O–H groups in total. The van der Waals surface area contributed by atoms with Crippen LogP contribution < -0.4 is 4.90 Å². The van der Waals surface area contributed by atoms with Gasteiger partial charge in [-0.3, -0.25) is 9.69 Å². The summed E-state index contributed by atoms with van der Waals surface area (Å²) in [5.74, 6) is 0.218. The maximum absolute atomic E-state index is 12.9. The number of carbonyl (C=O) groups is 1. The fourth-order valence-electron chi connectivity index (χ4n) is 4.14. The number of rotatable bonds is 5. The maximum atomic E-state index is 12.9. The van der Waals surface area contributed by atoms with Gasteiger partial charge in [-0.05, 0) is 64.8 Å². The van der Waals surface area contributed by atoms with Crippen molar-refractivity contribution >= 4 is 11.6 Å². The van der Waals surface area contributed by atoms with Gasteiger partial charge < -0.3 is 9.80 Å². The van der Waals surface area contributed by atoms with Gasteiger partial charge in [-0.2, -0.15) is 0 Å². The molecule has 0 spiro atoms. The molecular weight excluding hydrogens is 298 g/mol. The summed E-state index contributed by atoms with van der Waals surface area (Å²) >= 11 is 0. The van der Waals surface area contributed by atoms with Crippen molar-refractivity contribution in [1.82, 2.24) is 9.80 Å². The molecular formula is C20H31N3O. The third-order valence-electron chi connectivity index (χ3n) is 5.39. The Balaban J connectivity index is 1.54. The van der Waals surface area contributed by atoms with Gasteiger partial charge >= 0.3 is 0 Å². The van der Waals surface area contributed by atoms with E-state index in [2.05, 4.69) is 23.6 Å². The molecule has 0 aromatic heterocycles. The van der Waals surface area contributed by atoms with Gasteiger partial charge in [-0.1, -0.05) is 18.2 Å². The number of likely N-dealkylation sites (tertiary alicyclic amines) is 2. The topological polar surface area (TPSA) is 26.8 Å². The number of anilines is 1. The minimum absolute atomic E-state index is 0.182. The first-order valence-electron chi connectivity index (χ1n) is 9.48. The van der Waals surface area contributed by atoms with E-state index in [1.54, 1.807) is 0 Å². The highest BCUT2D eigenvalue weighted by molar-refractivity contribution is 5.95. The first kappa shape index (κ1) is 17.4. The molecule has 0 aliphatic carbocycles. The Labute approximate surface area is 146 Å². The molecule has 2 aliphatic rings. The van der Waals surface area contributed by atoms with Crippen molar-refractivity contribution in [3.05, 3.63) is 30.3 Å². The number of carbonyl (C=O) groups excluding carboxylic acids is 1. The van der Waals surface area contributed by atoms with E-state index < -0.39 is 0 Å². The smallest absolute Gasteiger partial charge is 0.241 e. The highest BCUT2D eigenvalue weighted by Gasteiger charge is 2.28. The highest BCUT2D eigenvalue weighted by Crippen LogP contribution is 2.22. The van der Waals surface area contributed by atoms with E-state index >= 15 is 0 Å². The van der Waals surface area contributed by atoms with Crippen LogP contribution in [0.25, 0.3) is 0 Å². The van der Waals surface area contributed by atoms with Crippen LogP contribution in [-0.2, 0) is 4.79 Å².